The van der Waals surface area contributed by atoms with E-state index in [0.717, 1.165) is 25.2 Å². The summed E-state index contributed by atoms with van der Waals surface area (Å²) < 4.78 is 1.81. The molecule has 0 atom stereocenters. The van der Waals surface area contributed by atoms with E-state index in [0.29, 0.717) is 0 Å². The lowest BCUT2D eigenvalue weighted by Crippen LogP contribution is -2.20. The third-order valence-electron chi connectivity index (χ3n) is 3.02. The zero-order valence-electron chi connectivity index (χ0n) is 10.5. The molecule has 0 aliphatic carbocycles. The van der Waals surface area contributed by atoms with Gasteiger partial charge in [0, 0.05) is 30.9 Å². The number of aromatic nitrogens is 4. The van der Waals surface area contributed by atoms with E-state index in [1.165, 1.54) is 10.9 Å². The fourth-order valence-electron chi connectivity index (χ4n) is 2.08. The summed E-state index contributed by atoms with van der Waals surface area (Å²) in [6.45, 7) is 2.48. The van der Waals surface area contributed by atoms with E-state index in [2.05, 4.69) is 44.9 Å². The minimum Gasteiger partial charge on any atom is -0.311 e. The van der Waals surface area contributed by atoms with Crippen LogP contribution in [0.25, 0.3) is 10.9 Å². The molecule has 0 bridgehead atoms. The Morgan fingerprint density at radius 3 is 2.95 bits per heavy atom. The Morgan fingerprint density at radius 2 is 2.05 bits per heavy atom. The molecule has 0 fully saturated rings. The maximum Gasteiger partial charge on any atom is 0.0746 e. The highest BCUT2D eigenvalue weighted by molar-refractivity contribution is 5.81. The molecule has 1 aromatic carbocycles. The smallest absolute Gasteiger partial charge is 0.0746 e. The molecule has 0 aliphatic rings. The standard InChI is InChI=1S/C14H15N5/c1-3-12-5-2-6-16-14(12)13(4-1)11-15-7-9-19-10-8-17-18-19/h1-6,8,10,15H,7,9,11H2. The Kier molecular flexibility index (Phi) is 3.47. The van der Waals surface area contributed by atoms with Crippen LogP contribution < -0.4 is 5.32 Å². The first-order chi connectivity index (χ1) is 9.43. The van der Waals surface area contributed by atoms with Crippen molar-refractivity contribution >= 4 is 10.9 Å². The van der Waals surface area contributed by atoms with Crippen LogP contribution in [-0.2, 0) is 13.1 Å². The molecule has 0 spiro atoms. The lowest BCUT2D eigenvalue weighted by atomic mass is 10.1. The molecule has 0 radical (unpaired) electrons. The lowest BCUT2D eigenvalue weighted by molar-refractivity contribution is 0.541. The molecule has 0 amide bonds. The van der Waals surface area contributed by atoms with Gasteiger partial charge in [-0.25, -0.2) is 0 Å². The highest BCUT2D eigenvalue weighted by Crippen LogP contribution is 2.15. The number of hydrogen-bond donors (Lipinski definition) is 1. The summed E-state index contributed by atoms with van der Waals surface area (Å²) in [7, 11) is 0. The number of nitrogens with one attached hydrogen (secondary N) is 1. The summed E-state index contributed by atoms with van der Waals surface area (Å²) in [6, 6.07) is 10.3. The van der Waals surface area contributed by atoms with Crippen molar-refractivity contribution in [1.82, 2.24) is 25.3 Å². The highest BCUT2D eigenvalue weighted by Gasteiger charge is 2.00. The van der Waals surface area contributed by atoms with Crippen LogP contribution in [-0.4, -0.2) is 26.5 Å². The molecule has 5 nitrogen and oxygen atoms in total. The number of hydrogen-bond acceptors (Lipinski definition) is 4. The van der Waals surface area contributed by atoms with Gasteiger partial charge in [-0.15, -0.1) is 5.10 Å². The van der Waals surface area contributed by atoms with Crippen LogP contribution in [0.1, 0.15) is 5.56 Å². The molecule has 0 aliphatic heterocycles. The van der Waals surface area contributed by atoms with E-state index in [9.17, 15) is 0 Å². The molecule has 2 heterocycles. The molecule has 0 unspecified atom stereocenters. The summed E-state index contributed by atoms with van der Waals surface area (Å²) in [6.07, 6.45) is 5.39. The Bertz CT molecular complexity index is 643. The number of fused-ring (bicyclic) bond motifs is 1. The summed E-state index contributed by atoms with van der Waals surface area (Å²) in [5.74, 6) is 0. The van der Waals surface area contributed by atoms with E-state index in [1.54, 1.807) is 6.20 Å². The van der Waals surface area contributed by atoms with E-state index >= 15 is 0 Å². The average Bonchev–Trinajstić information content (AvgIpc) is 2.97. The molecule has 19 heavy (non-hydrogen) atoms. The van der Waals surface area contributed by atoms with Crippen molar-refractivity contribution < 1.29 is 0 Å². The molecular weight excluding hydrogens is 238 g/mol. The van der Waals surface area contributed by atoms with E-state index in [1.807, 2.05) is 23.1 Å². The normalized spacial score (nSPS) is 10.9. The van der Waals surface area contributed by atoms with Crippen LogP contribution >= 0.6 is 0 Å². The van der Waals surface area contributed by atoms with Gasteiger partial charge < -0.3 is 5.32 Å². The van der Waals surface area contributed by atoms with E-state index in [4.69, 9.17) is 0 Å². The van der Waals surface area contributed by atoms with Crippen molar-refractivity contribution in [3.8, 4) is 0 Å². The summed E-state index contributed by atoms with van der Waals surface area (Å²) in [4.78, 5) is 4.44. The summed E-state index contributed by atoms with van der Waals surface area (Å²) >= 11 is 0. The van der Waals surface area contributed by atoms with Gasteiger partial charge in [-0.05, 0) is 11.6 Å². The molecule has 0 saturated heterocycles. The first-order valence-corrected chi connectivity index (χ1v) is 6.31. The Balaban J connectivity index is 1.62. The van der Waals surface area contributed by atoms with Gasteiger partial charge in [-0.1, -0.05) is 29.5 Å². The predicted molar refractivity (Wildman–Crippen MR) is 73.5 cm³/mol. The van der Waals surface area contributed by atoms with E-state index in [-0.39, 0.29) is 0 Å². The fraction of sp³-hybridized carbons (Fsp3) is 0.214. The van der Waals surface area contributed by atoms with Crippen molar-refractivity contribution in [2.45, 2.75) is 13.1 Å². The first kappa shape index (κ1) is 11.8. The summed E-state index contributed by atoms with van der Waals surface area (Å²) in [5, 5.41) is 12.3. The van der Waals surface area contributed by atoms with Crippen LogP contribution in [0, 0.1) is 0 Å². The van der Waals surface area contributed by atoms with Crippen LogP contribution in [0.5, 0.6) is 0 Å². The average molecular weight is 253 g/mol. The van der Waals surface area contributed by atoms with Gasteiger partial charge in [0.25, 0.3) is 0 Å². The van der Waals surface area contributed by atoms with E-state index < -0.39 is 0 Å². The fourth-order valence-corrected chi connectivity index (χ4v) is 2.08. The number of rotatable bonds is 5. The second-order valence-corrected chi connectivity index (χ2v) is 4.34. The lowest BCUT2D eigenvalue weighted by Gasteiger charge is -2.07. The highest BCUT2D eigenvalue weighted by atomic mass is 15.4. The third kappa shape index (κ3) is 2.77. The van der Waals surface area contributed by atoms with Crippen LogP contribution in [0.2, 0.25) is 0 Å². The van der Waals surface area contributed by atoms with Gasteiger partial charge in [-0.2, -0.15) is 0 Å². The molecule has 5 heteroatoms. The number of para-hydroxylation sites is 1. The topological polar surface area (TPSA) is 55.6 Å². The van der Waals surface area contributed by atoms with Crippen molar-refractivity contribution in [3.63, 3.8) is 0 Å². The molecular formula is C14H15N5. The van der Waals surface area contributed by atoms with Crippen molar-refractivity contribution in [2.24, 2.45) is 0 Å². The minimum absolute atomic E-state index is 0.809. The second kappa shape index (κ2) is 5.58. The molecule has 96 valence electrons. The Labute approximate surface area is 111 Å². The molecule has 2 aromatic heterocycles. The van der Waals surface area contributed by atoms with Crippen LogP contribution in [0.3, 0.4) is 0 Å². The molecule has 3 aromatic rings. The number of nitrogens with zero attached hydrogens (tertiary/aromatic N) is 4. The predicted octanol–water partition coefficient (Wildman–Crippen LogP) is 1.62. The van der Waals surface area contributed by atoms with Crippen molar-refractivity contribution in [1.29, 1.82) is 0 Å². The van der Waals surface area contributed by atoms with Gasteiger partial charge in [0.15, 0.2) is 0 Å². The monoisotopic (exact) mass is 253 g/mol. The van der Waals surface area contributed by atoms with Crippen LogP contribution in [0.15, 0.2) is 48.9 Å². The van der Waals surface area contributed by atoms with Crippen molar-refractivity contribution in [3.05, 3.63) is 54.5 Å². The van der Waals surface area contributed by atoms with Gasteiger partial charge in [-0.3, -0.25) is 9.67 Å². The number of pyridine rings is 1. The van der Waals surface area contributed by atoms with Crippen LogP contribution in [0.4, 0.5) is 0 Å². The Hall–Kier alpha value is -2.27. The molecule has 1 N–H and O–H groups in total. The SMILES string of the molecule is c1cnc2c(CNCCn3ccnn3)cccc2c1. The number of benzene rings is 1. The molecule has 3 rings (SSSR count). The van der Waals surface area contributed by atoms with Gasteiger partial charge in [0.1, 0.15) is 0 Å². The second-order valence-electron chi connectivity index (χ2n) is 4.34. The first-order valence-electron chi connectivity index (χ1n) is 6.31. The largest absolute Gasteiger partial charge is 0.311 e. The quantitative estimate of drug-likeness (QED) is 0.702. The van der Waals surface area contributed by atoms with Gasteiger partial charge in [0.05, 0.1) is 18.3 Å². The zero-order valence-corrected chi connectivity index (χ0v) is 10.5. The van der Waals surface area contributed by atoms with Gasteiger partial charge in [0.2, 0.25) is 0 Å². The maximum atomic E-state index is 4.44. The minimum atomic E-state index is 0.809. The molecule has 0 saturated carbocycles. The van der Waals surface area contributed by atoms with Crippen molar-refractivity contribution in [2.75, 3.05) is 6.54 Å². The third-order valence-corrected chi connectivity index (χ3v) is 3.02. The summed E-state index contributed by atoms with van der Waals surface area (Å²) in [5.41, 5.74) is 2.29. The van der Waals surface area contributed by atoms with Gasteiger partial charge >= 0.3 is 0 Å². The zero-order chi connectivity index (χ0) is 12.9. The maximum absolute atomic E-state index is 4.44. The Morgan fingerprint density at radius 1 is 1.11 bits per heavy atom.